The van der Waals surface area contributed by atoms with Crippen LogP contribution in [-0.4, -0.2) is 38.1 Å². The van der Waals surface area contributed by atoms with E-state index in [2.05, 4.69) is 10.6 Å². The van der Waals surface area contributed by atoms with Gasteiger partial charge in [-0.3, -0.25) is 14.9 Å². The van der Waals surface area contributed by atoms with Gasteiger partial charge in [0.1, 0.15) is 5.56 Å². The molecule has 1 amide bonds. The van der Waals surface area contributed by atoms with Crippen LogP contribution < -0.4 is 10.6 Å². The third-order valence-corrected chi connectivity index (χ3v) is 2.86. The monoisotopic (exact) mass is 299 g/mol. The zero-order chi connectivity index (χ0) is 16.0. The summed E-state index contributed by atoms with van der Waals surface area (Å²) in [5.74, 6) is -1.35. The Hall–Kier alpha value is -2.22. The Morgan fingerprint density at radius 1 is 1.52 bits per heavy atom. The first-order valence-electron chi connectivity index (χ1n) is 6.33. The number of anilines is 1. The highest BCUT2D eigenvalue weighted by Crippen LogP contribution is 2.25. The molecule has 0 aliphatic carbocycles. The van der Waals surface area contributed by atoms with E-state index in [1.54, 1.807) is 7.11 Å². The van der Waals surface area contributed by atoms with Crippen LogP contribution in [0.5, 0.6) is 0 Å². The molecule has 0 saturated carbocycles. The Labute approximate surface area is 121 Å². The number of rotatable bonds is 7. The number of amides is 1. The van der Waals surface area contributed by atoms with Gasteiger partial charge in [-0.15, -0.1) is 0 Å². The van der Waals surface area contributed by atoms with Crippen LogP contribution in [0.15, 0.2) is 12.1 Å². The summed E-state index contributed by atoms with van der Waals surface area (Å²) < 4.78 is 18.5. The predicted octanol–water partition coefficient (Wildman–Crippen LogP) is 1.79. The molecule has 0 heterocycles. The smallest absolute Gasteiger partial charge is 0.285 e. The molecule has 0 spiro atoms. The van der Waals surface area contributed by atoms with Crippen molar-refractivity contribution in [3.05, 3.63) is 33.6 Å². The van der Waals surface area contributed by atoms with Gasteiger partial charge in [-0.2, -0.15) is 0 Å². The summed E-state index contributed by atoms with van der Waals surface area (Å²) in [6.45, 7) is 2.62. The first-order chi connectivity index (χ1) is 9.90. The van der Waals surface area contributed by atoms with Crippen LogP contribution in [0.4, 0.5) is 15.8 Å². The molecule has 21 heavy (non-hydrogen) atoms. The van der Waals surface area contributed by atoms with Gasteiger partial charge in [-0.25, -0.2) is 4.39 Å². The van der Waals surface area contributed by atoms with Gasteiger partial charge in [0.15, 0.2) is 5.82 Å². The van der Waals surface area contributed by atoms with E-state index < -0.39 is 22.3 Å². The summed E-state index contributed by atoms with van der Waals surface area (Å²) in [4.78, 5) is 22.2. The molecule has 2 N–H and O–H groups in total. The molecule has 0 aliphatic heterocycles. The van der Waals surface area contributed by atoms with E-state index in [9.17, 15) is 19.3 Å². The summed E-state index contributed by atoms with van der Waals surface area (Å²) in [5, 5.41) is 16.1. The number of benzene rings is 1. The molecule has 1 aromatic carbocycles. The molecule has 1 unspecified atom stereocenters. The third kappa shape index (κ3) is 4.38. The number of hydrogen-bond acceptors (Lipinski definition) is 5. The van der Waals surface area contributed by atoms with Crippen LogP contribution in [0, 0.1) is 21.8 Å². The zero-order valence-electron chi connectivity index (χ0n) is 12.1. The van der Waals surface area contributed by atoms with Gasteiger partial charge in [-0.1, -0.05) is 6.92 Å². The van der Waals surface area contributed by atoms with Crippen LogP contribution >= 0.6 is 0 Å². The molecule has 0 radical (unpaired) electrons. The lowest BCUT2D eigenvalue weighted by molar-refractivity contribution is -0.385. The molecule has 0 fully saturated rings. The second kappa shape index (κ2) is 7.53. The summed E-state index contributed by atoms with van der Waals surface area (Å²) in [7, 11) is 3.01. The van der Waals surface area contributed by atoms with Crippen molar-refractivity contribution in [1.29, 1.82) is 0 Å². The Morgan fingerprint density at radius 2 is 2.19 bits per heavy atom. The van der Waals surface area contributed by atoms with Gasteiger partial charge in [-0.05, 0) is 12.0 Å². The fourth-order valence-electron chi connectivity index (χ4n) is 1.79. The third-order valence-electron chi connectivity index (χ3n) is 2.86. The van der Waals surface area contributed by atoms with Crippen molar-refractivity contribution in [1.82, 2.24) is 5.32 Å². The van der Waals surface area contributed by atoms with Crippen molar-refractivity contribution >= 4 is 17.3 Å². The first-order valence-corrected chi connectivity index (χ1v) is 6.33. The number of ether oxygens (including phenoxy) is 1. The SMILES string of the molecule is CNc1cc(C(=O)NCC(C)COC)c([N+](=O)[O-])cc1F. The molecule has 0 aromatic heterocycles. The lowest BCUT2D eigenvalue weighted by atomic mass is 10.1. The van der Waals surface area contributed by atoms with Gasteiger partial charge in [0, 0.05) is 20.7 Å². The molecular formula is C13H18FN3O4. The van der Waals surface area contributed by atoms with Crippen molar-refractivity contribution in [2.24, 2.45) is 5.92 Å². The molecule has 116 valence electrons. The van der Waals surface area contributed by atoms with E-state index in [1.807, 2.05) is 6.92 Å². The lowest BCUT2D eigenvalue weighted by Gasteiger charge is -2.12. The molecular weight excluding hydrogens is 281 g/mol. The van der Waals surface area contributed by atoms with Crippen molar-refractivity contribution in [2.75, 3.05) is 32.6 Å². The maximum Gasteiger partial charge on any atom is 0.285 e. The van der Waals surface area contributed by atoms with Crippen molar-refractivity contribution in [3.63, 3.8) is 0 Å². The minimum Gasteiger partial charge on any atom is -0.386 e. The number of nitro benzene ring substituents is 1. The topological polar surface area (TPSA) is 93.5 Å². The summed E-state index contributed by atoms with van der Waals surface area (Å²) in [6, 6.07) is 1.86. The second-order valence-electron chi connectivity index (χ2n) is 4.63. The first kappa shape index (κ1) is 16.8. The Morgan fingerprint density at radius 3 is 2.71 bits per heavy atom. The van der Waals surface area contributed by atoms with Gasteiger partial charge in [0.25, 0.3) is 11.6 Å². The van der Waals surface area contributed by atoms with Gasteiger partial charge < -0.3 is 15.4 Å². The lowest BCUT2D eigenvalue weighted by Crippen LogP contribution is -2.30. The number of nitro groups is 1. The zero-order valence-corrected chi connectivity index (χ0v) is 12.1. The van der Waals surface area contributed by atoms with E-state index in [4.69, 9.17) is 4.74 Å². The molecule has 1 aromatic rings. The van der Waals surface area contributed by atoms with Crippen molar-refractivity contribution in [3.8, 4) is 0 Å². The highest BCUT2D eigenvalue weighted by molar-refractivity contribution is 5.99. The summed E-state index contributed by atoms with van der Waals surface area (Å²) in [5.41, 5.74) is -0.727. The molecule has 7 nitrogen and oxygen atoms in total. The molecule has 0 bridgehead atoms. The Bertz CT molecular complexity index is 536. The summed E-state index contributed by atoms with van der Waals surface area (Å²) >= 11 is 0. The van der Waals surface area contributed by atoms with Gasteiger partial charge in [0.2, 0.25) is 0 Å². The molecule has 0 aliphatic rings. The van der Waals surface area contributed by atoms with Gasteiger partial charge >= 0.3 is 0 Å². The van der Waals surface area contributed by atoms with E-state index in [-0.39, 0.29) is 17.2 Å². The number of nitrogens with zero attached hydrogens (tertiary/aromatic N) is 1. The normalized spacial score (nSPS) is 11.8. The predicted molar refractivity (Wildman–Crippen MR) is 76.0 cm³/mol. The molecule has 8 heteroatoms. The van der Waals surface area contributed by atoms with Gasteiger partial charge in [0.05, 0.1) is 23.3 Å². The van der Waals surface area contributed by atoms with Crippen LogP contribution in [-0.2, 0) is 4.74 Å². The summed E-state index contributed by atoms with van der Waals surface area (Å²) in [6.07, 6.45) is 0. The van der Waals surface area contributed by atoms with E-state index >= 15 is 0 Å². The van der Waals surface area contributed by atoms with E-state index in [1.165, 1.54) is 7.05 Å². The largest absolute Gasteiger partial charge is 0.386 e. The maximum atomic E-state index is 13.6. The minimum absolute atomic E-state index is 0.0238. The number of carbonyl (C=O) groups excluding carboxylic acids is 1. The second-order valence-corrected chi connectivity index (χ2v) is 4.63. The number of nitrogens with one attached hydrogen (secondary N) is 2. The Balaban J connectivity index is 2.99. The maximum absolute atomic E-state index is 13.6. The van der Waals surface area contributed by atoms with Crippen LogP contribution in [0.25, 0.3) is 0 Å². The van der Waals surface area contributed by atoms with Crippen LogP contribution in [0.1, 0.15) is 17.3 Å². The van der Waals surface area contributed by atoms with Crippen LogP contribution in [0.2, 0.25) is 0 Å². The van der Waals surface area contributed by atoms with Crippen molar-refractivity contribution in [2.45, 2.75) is 6.92 Å². The minimum atomic E-state index is -0.784. The van der Waals surface area contributed by atoms with Crippen molar-refractivity contribution < 1.29 is 18.8 Å². The molecule has 0 saturated heterocycles. The van der Waals surface area contributed by atoms with E-state index in [0.29, 0.717) is 13.2 Å². The van der Waals surface area contributed by atoms with E-state index in [0.717, 1.165) is 12.1 Å². The standard InChI is InChI=1S/C13H18FN3O4/c1-8(7-21-3)6-16-13(18)9-4-11(15-2)10(14)5-12(9)17(19)20/h4-5,8,15H,6-7H2,1-3H3,(H,16,18). The highest BCUT2D eigenvalue weighted by Gasteiger charge is 2.23. The molecule has 1 rings (SSSR count). The fourth-order valence-corrected chi connectivity index (χ4v) is 1.79. The quantitative estimate of drug-likeness (QED) is 0.591. The Kier molecular flexibility index (Phi) is 6.04. The number of hydrogen-bond donors (Lipinski definition) is 2. The fraction of sp³-hybridized carbons (Fsp3) is 0.462. The average molecular weight is 299 g/mol. The number of halogens is 1. The number of carbonyl (C=O) groups is 1. The average Bonchev–Trinajstić information content (AvgIpc) is 2.44. The number of methoxy groups -OCH3 is 1. The molecule has 1 atom stereocenters. The highest BCUT2D eigenvalue weighted by atomic mass is 19.1. The van der Waals surface area contributed by atoms with Crippen LogP contribution in [0.3, 0.4) is 0 Å².